The summed E-state index contributed by atoms with van der Waals surface area (Å²) in [5.74, 6) is -1.44. The highest BCUT2D eigenvalue weighted by Crippen LogP contribution is 2.46. The van der Waals surface area contributed by atoms with Crippen molar-refractivity contribution < 1.29 is 27.5 Å². The minimum absolute atomic E-state index is 0.0885. The van der Waals surface area contributed by atoms with Crippen LogP contribution in [0.5, 0.6) is 0 Å². The van der Waals surface area contributed by atoms with Gasteiger partial charge in [-0.15, -0.1) is 11.3 Å². The van der Waals surface area contributed by atoms with Gasteiger partial charge in [-0.1, -0.05) is 39.7 Å². The van der Waals surface area contributed by atoms with Gasteiger partial charge in [0.15, 0.2) is 11.7 Å². The van der Waals surface area contributed by atoms with Crippen LogP contribution in [-0.4, -0.2) is 34.4 Å². The lowest BCUT2D eigenvalue weighted by Gasteiger charge is -2.33. The van der Waals surface area contributed by atoms with E-state index in [4.69, 9.17) is 16.3 Å². The third-order valence-electron chi connectivity index (χ3n) is 6.66. The quantitative estimate of drug-likeness (QED) is 0.288. The number of nitrogens with one attached hydrogen (secondary N) is 2. The first kappa shape index (κ1) is 27.0. The van der Waals surface area contributed by atoms with E-state index in [0.29, 0.717) is 17.5 Å². The summed E-state index contributed by atoms with van der Waals surface area (Å²) < 4.78 is 49.1. The average Bonchev–Trinajstić information content (AvgIpc) is 3.40. The molecule has 5 rings (SSSR count). The number of nitrogens with zero attached hydrogens (tertiary/aromatic N) is 2. The Balaban J connectivity index is 1.49. The molecule has 2 aromatic heterocycles. The fraction of sp³-hybridized carbons (Fsp3) is 0.400. The van der Waals surface area contributed by atoms with Gasteiger partial charge in [0.25, 0.3) is 5.91 Å². The number of aromatic nitrogens is 2. The van der Waals surface area contributed by atoms with Gasteiger partial charge in [0.05, 0.1) is 18.2 Å². The van der Waals surface area contributed by atoms with E-state index in [1.165, 1.54) is 11.3 Å². The third-order valence-corrected chi connectivity index (χ3v) is 8.75. The van der Waals surface area contributed by atoms with Gasteiger partial charge in [-0.3, -0.25) is 4.79 Å². The first-order valence-corrected chi connectivity index (χ1v) is 14.1. The lowest BCUT2D eigenvalue weighted by Crippen LogP contribution is -2.35. The van der Waals surface area contributed by atoms with Gasteiger partial charge in [0.2, 0.25) is 0 Å². The molecule has 2 N–H and O–H groups in total. The van der Waals surface area contributed by atoms with Gasteiger partial charge < -0.3 is 15.4 Å². The number of carbonyl (C=O) groups excluding carboxylic acids is 2. The molecule has 3 heterocycles. The van der Waals surface area contributed by atoms with E-state index in [2.05, 4.69) is 31.7 Å². The van der Waals surface area contributed by atoms with E-state index in [1.807, 2.05) is 0 Å². The molecule has 1 aromatic carbocycles. The van der Waals surface area contributed by atoms with Crippen LogP contribution in [0.2, 0.25) is 5.02 Å². The molecular weight excluding hydrogens is 609 g/mol. The van der Waals surface area contributed by atoms with Crippen molar-refractivity contribution in [2.75, 3.05) is 17.2 Å². The van der Waals surface area contributed by atoms with Gasteiger partial charge in [0.1, 0.15) is 15.8 Å². The Morgan fingerprint density at radius 2 is 1.97 bits per heavy atom. The van der Waals surface area contributed by atoms with Crippen LogP contribution < -0.4 is 10.6 Å². The number of hydrogen-bond donors (Lipinski definition) is 2. The predicted octanol–water partition coefficient (Wildman–Crippen LogP) is 7.33. The van der Waals surface area contributed by atoms with Crippen molar-refractivity contribution in [3.8, 4) is 0 Å². The van der Waals surface area contributed by atoms with Crippen LogP contribution in [0, 0.1) is 0 Å². The molecule has 0 saturated heterocycles. The smallest absolute Gasteiger partial charge is 0.410 e. The van der Waals surface area contributed by atoms with Crippen molar-refractivity contribution in [3.05, 3.63) is 61.0 Å². The lowest BCUT2D eigenvalue weighted by atomic mass is 9.95. The molecule has 0 fully saturated rings. The maximum absolute atomic E-state index is 14.1. The zero-order chi connectivity index (χ0) is 27.2. The molecule has 202 valence electrons. The Kier molecular flexibility index (Phi) is 7.49. The number of esters is 1. The molecule has 1 amide bonds. The summed E-state index contributed by atoms with van der Waals surface area (Å²) in [4.78, 5) is 27.0. The van der Waals surface area contributed by atoms with Crippen LogP contribution in [0.3, 0.4) is 0 Å². The molecule has 1 aliphatic heterocycles. The summed E-state index contributed by atoms with van der Waals surface area (Å²) in [6, 6.07) is 4.24. The van der Waals surface area contributed by atoms with Crippen molar-refractivity contribution in [1.82, 2.24) is 9.78 Å². The molecule has 13 heteroatoms. The van der Waals surface area contributed by atoms with Gasteiger partial charge >= 0.3 is 12.1 Å². The third kappa shape index (κ3) is 5.05. The molecule has 38 heavy (non-hydrogen) atoms. The minimum atomic E-state index is -4.63. The van der Waals surface area contributed by atoms with Crippen molar-refractivity contribution in [2.45, 2.75) is 57.3 Å². The number of thiophene rings is 1. The summed E-state index contributed by atoms with van der Waals surface area (Å²) in [5, 5.41) is 9.77. The van der Waals surface area contributed by atoms with E-state index in [1.54, 1.807) is 31.2 Å². The first-order valence-electron chi connectivity index (χ1n) is 12.1. The minimum Gasteiger partial charge on any atom is -0.462 e. The largest absolute Gasteiger partial charge is 0.462 e. The van der Waals surface area contributed by atoms with E-state index >= 15 is 0 Å². The summed E-state index contributed by atoms with van der Waals surface area (Å²) in [5.41, 5.74) is 1.42. The Morgan fingerprint density at radius 1 is 1.26 bits per heavy atom. The Hall–Kier alpha value is -2.57. The summed E-state index contributed by atoms with van der Waals surface area (Å²) in [6.45, 7) is 1.86. The highest BCUT2D eigenvalue weighted by atomic mass is 79.9. The number of rotatable bonds is 5. The van der Waals surface area contributed by atoms with E-state index in [0.717, 1.165) is 38.9 Å². The van der Waals surface area contributed by atoms with Crippen LogP contribution in [0.1, 0.15) is 75.1 Å². The topological polar surface area (TPSA) is 85.2 Å². The fourth-order valence-corrected chi connectivity index (χ4v) is 6.69. The van der Waals surface area contributed by atoms with Crippen molar-refractivity contribution in [1.29, 1.82) is 0 Å². The normalized spacial score (nSPS) is 18.8. The number of ether oxygens (including phenoxy) is 1. The maximum Gasteiger partial charge on any atom is 0.410 e. The molecule has 0 spiro atoms. The highest BCUT2D eigenvalue weighted by Gasteiger charge is 2.48. The fourth-order valence-electron chi connectivity index (χ4n) is 4.88. The molecule has 0 saturated carbocycles. The standard InChI is InChI=1S/C25H23BrClF3N4O3S/c1-2-37-24(36)18-14-5-3-4-6-16(14)38-23(18)32-22(35)20-19(27)21-31-15(12-7-9-13(26)10-8-12)11-17(25(28,29)30)34(21)33-20/h7-10,15,17,31H,2-6,11H2,1H3,(H,32,35)/t15-,17+/m1/s1. The lowest BCUT2D eigenvalue weighted by molar-refractivity contribution is -0.173. The molecule has 2 atom stereocenters. The van der Waals surface area contributed by atoms with Crippen LogP contribution in [0.15, 0.2) is 28.7 Å². The van der Waals surface area contributed by atoms with Gasteiger partial charge in [-0.05, 0) is 55.9 Å². The second-order valence-electron chi connectivity index (χ2n) is 9.09. The number of benzene rings is 1. The number of halogens is 5. The van der Waals surface area contributed by atoms with Crippen molar-refractivity contribution >= 4 is 61.6 Å². The Labute approximate surface area is 233 Å². The van der Waals surface area contributed by atoms with Crippen LogP contribution >= 0.6 is 38.9 Å². The van der Waals surface area contributed by atoms with Gasteiger partial charge in [-0.2, -0.15) is 18.3 Å². The number of aryl methyl sites for hydroxylation is 1. The second kappa shape index (κ2) is 10.5. The van der Waals surface area contributed by atoms with Crippen molar-refractivity contribution in [2.24, 2.45) is 0 Å². The number of anilines is 2. The average molecular weight is 632 g/mol. The molecular formula is C25H23BrClF3N4O3S. The zero-order valence-corrected chi connectivity index (χ0v) is 23.3. The van der Waals surface area contributed by atoms with Gasteiger partial charge in [0, 0.05) is 15.8 Å². The molecule has 2 aliphatic rings. The Morgan fingerprint density at radius 3 is 2.66 bits per heavy atom. The maximum atomic E-state index is 14.1. The molecule has 0 bridgehead atoms. The second-order valence-corrected chi connectivity index (χ2v) is 11.5. The SMILES string of the molecule is CCOC(=O)c1c(NC(=O)c2nn3c(c2Cl)N[C@@H](c2ccc(Br)cc2)C[C@H]3C(F)(F)F)sc2c1CCCC2. The van der Waals surface area contributed by atoms with E-state index < -0.39 is 30.1 Å². The molecule has 1 aliphatic carbocycles. The highest BCUT2D eigenvalue weighted by molar-refractivity contribution is 9.10. The predicted molar refractivity (Wildman–Crippen MR) is 142 cm³/mol. The number of hydrogen-bond acceptors (Lipinski definition) is 6. The zero-order valence-electron chi connectivity index (χ0n) is 20.1. The number of alkyl halides is 3. The van der Waals surface area contributed by atoms with Crippen LogP contribution in [0.25, 0.3) is 0 Å². The summed E-state index contributed by atoms with van der Waals surface area (Å²) in [7, 11) is 0. The first-order chi connectivity index (χ1) is 18.1. The molecule has 0 unspecified atom stereocenters. The van der Waals surface area contributed by atoms with E-state index in [-0.39, 0.29) is 34.6 Å². The van der Waals surface area contributed by atoms with Crippen LogP contribution in [0.4, 0.5) is 24.0 Å². The number of amides is 1. The Bertz CT molecular complexity index is 1390. The summed E-state index contributed by atoms with van der Waals surface area (Å²) in [6.07, 6.45) is -1.63. The number of fused-ring (bicyclic) bond motifs is 2. The van der Waals surface area contributed by atoms with Crippen molar-refractivity contribution in [3.63, 3.8) is 0 Å². The molecule has 0 radical (unpaired) electrons. The molecule has 3 aromatic rings. The van der Waals surface area contributed by atoms with Gasteiger partial charge in [-0.25, -0.2) is 9.48 Å². The number of carbonyl (C=O) groups is 2. The van der Waals surface area contributed by atoms with E-state index in [9.17, 15) is 22.8 Å². The monoisotopic (exact) mass is 630 g/mol. The molecule has 7 nitrogen and oxygen atoms in total. The van der Waals surface area contributed by atoms with Crippen LogP contribution in [-0.2, 0) is 17.6 Å². The summed E-state index contributed by atoms with van der Waals surface area (Å²) >= 11 is 11.1.